The van der Waals surface area contributed by atoms with E-state index in [0.29, 0.717) is 17.1 Å². The number of guanidine groups is 1. The number of anilines is 1. The highest BCUT2D eigenvalue weighted by Crippen LogP contribution is 2.39. The molecule has 28 heavy (non-hydrogen) atoms. The molecule has 0 saturated carbocycles. The van der Waals surface area contributed by atoms with Crippen molar-refractivity contribution in [2.45, 2.75) is 45.3 Å². The monoisotopic (exact) mass is 381 g/mol. The molecule has 0 radical (unpaired) electrons. The number of aliphatic imine (C=N–C) groups is 1. The number of rotatable bonds is 2. The molecule has 2 aliphatic rings. The summed E-state index contributed by atoms with van der Waals surface area (Å²) in [4.78, 5) is 37.3. The summed E-state index contributed by atoms with van der Waals surface area (Å²) in [6.45, 7) is 7.56. The molecule has 0 bridgehead atoms. The maximum atomic E-state index is 13.1. The Morgan fingerprint density at radius 3 is 2.54 bits per heavy atom. The molecule has 2 aliphatic heterocycles. The Bertz CT molecular complexity index is 1040. The van der Waals surface area contributed by atoms with Gasteiger partial charge in [0.2, 0.25) is 5.91 Å². The van der Waals surface area contributed by atoms with Gasteiger partial charge in [-0.1, -0.05) is 0 Å². The van der Waals surface area contributed by atoms with Crippen molar-refractivity contribution >= 4 is 23.5 Å². The zero-order chi connectivity index (χ0) is 20.4. The van der Waals surface area contributed by atoms with E-state index in [4.69, 9.17) is 5.73 Å². The lowest BCUT2D eigenvalue weighted by atomic mass is 9.91. The minimum Gasteiger partial charge on any atom is -0.369 e. The predicted molar refractivity (Wildman–Crippen MR) is 104 cm³/mol. The first-order chi connectivity index (χ1) is 13.0. The molecular formula is C19H23N7O2. The van der Waals surface area contributed by atoms with Gasteiger partial charge in [-0.3, -0.25) is 24.4 Å². The van der Waals surface area contributed by atoms with E-state index in [-0.39, 0.29) is 24.2 Å². The average Bonchev–Trinajstić information content (AvgIpc) is 3.09. The van der Waals surface area contributed by atoms with E-state index in [1.807, 2.05) is 27.7 Å². The Labute approximate surface area is 162 Å². The van der Waals surface area contributed by atoms with E-state index in [2.05, 4.69) is 15.1 Å². The number of aromatic nitrogens is 3. The van der Waals surface area contributed by atoms with Gasteiger partial charge in [0.25, 0.3) is 5.91 Å². The summed E-state index contributed by atoms with van der Waals surface area (Å²) in [5.74, 6) is -0.107. The van der Waals surface area contributed by atoms with Crippen molar-refractivity contribution in [3.8, 4) is 0 Å². The van der Waals surface area contributed by atoms with Crippen LogP contribution in [0.4, 0.5) is 5.69 Å². The minimum absolute atomic E-state index is 0.129. The third kappa shape index (κ3) is 2.42. The minimum atomic E-state index is -0.888. The van der Waals surface area contributed by atoms with Crippen LogP contribution in [-0.4, -0.2) is 44.5 Å². The summed E-state index contributed by atoms with van der Waals surface area (Å²) in [6, 6.07) is 5.36. The van der Waals surface area contributed by atoms with Crippen molar-refractivity contribution in [3.63, 3.8) is 0 Å². The van der Waals surface area contributed by atoms with E-state index in [1.54, 1.807) is 41.0 Å². The Balaban J connectivity index is 1.78. The van der Waals surface area contributed by atoms with Crippen LogP contribution in [0, 0.1) is 6.92 Å². The number of carbonyl (C=O) groups is 2. The predicted octanol–water partition coefficient (Wildman–Crippen LogP) is 1.33. The highest BCUT2D eigenvalue weighted by molar-refractivity contribution is 6.08. The van der Waals surface area contributed by atoms with Gasteiger partial charge in [0.05, 0.1) is 17.8 Å². The van der Waals surface area contributed by atoms with Crippen LogP contribution in [0.3, 0.4) is 0 Å². The molecule has 0 aromatic carbocycles. The van der Waals surface area contributed by atoms with Crippen LogP contribution >= 0.6 is 0 Å². The molecule has 4 heterocycles. The van der Waals surface area contributed by atoms with Crippen LogP contribution in [0.5, 0.6) is 0 Å². The molecule has 146 valence electrons. The molecule has 0 aliphatic carbocycles. The zero-order valence-electron chi connectivity index (χ0n) is 16.6. The molecule has 2 N–H and O–H groups in total. The van der Waals surface area contributed by atoms with Crippen molar-refractivity contribution < 1.29 is 9.59 Å². The van der Waals surface area contributed by atoms with Crippen LogP contribution in [0.1, 0.15) is 49.1 Å². The van der Waals surface area contributed by atoms with E-state index in [1.165, 1.54) is 4.90 Å². The van der Waals surface area contributed by atoms with E-state index < -0.39 is 11.2 Å². The van der Waals surface area contributed by atoms with Crippen LogP contribution in [0.25, 0.3) is 0 Å². The SMILES string of the molecule is Cc1cc2n(n1)C(C)(C)N(c1ccnc(C3(C)CC(=O)N(C)C(N)=N3)c1)C2=O. The van der Waals surface area contributed by atoms with Gasteiger partial charge in [-0.2, -0.15) is 5.10 Å². The van der Waals surface area contributed by atoms with Crippen molar-refractivity contribution in [1.82, 2.24) is 19.7 Å². The lowest BCUT2D eigenvalue weighted by molar-refractivity contribution is -0.128. The number of amides is 2. The Morgan fingerprint density at radius 1 is 1.18 bits per heavy atom. The Morgan fingerprint density at radius 2 is 1.89 bits per heavy atom. The maximum absolute atomic E-state index is 13.1. The lowest BCUT2D eigenvalue weighted by Gasteiger charge is -2.35. The van der Waals surface area contributed by atoms with E-state index in [0.717, 1.165) is 5.69 Å². The molecule has 2 amide bonds. The quantitative estimate of drug-likeness (QED) is 0.844. The summed E-state index contributed by atoms with van der Waals surface area (Å²) >= 11 is 0. The molecule has 0 spiro atoms. The van der Waals surface area contributed by atoms with E-state index >= 15 is 0 Å². The summed E-state index contributed by atoms with van der Waals surface area (Å²) in [7, 11) is 1.60. The largest absolute Gasteiger partial charge is 0.369 e. The van der Waals surface area contributed by atoms with Crippen molar-refractivity contribution in [2.75, 3.05) is 11.9 Å². The van der Waals surface area contributed by atoms with Gasteiger partial charge in [-0.15, -0.1) is 0 Å². The summed E-state index contributed by atoms with van der Waals surface area (Å²) in [6.07, 6.45) is 1.78. The molecule has 2 aromatic heterocycles. The first-order valence-electron chi connectivity index (χ1n) is 9.05. The summed E-state index contributed by atoms with van der Waals surface area (Å²) < 4.78 is 1.74. The number of hydrogen-bond acceptors (Lipinski definition) is 6. The van der Waals surface area contributed by atoms with Crippen LogP contribution in [0.2, 0.25) is 0 Å². The van der Waals surface area contributed by atoms with Crippen molar-refractivity contribution in [2.24, 2.45) is 10.7 Å². The number of pyridine rings is 1. The Hall–Kier alpha value is -3.23. The molecule has 4 rings (SSSR count). The van der Waals surface area contributed by atoms with Gasteiger partial charge in [0.15, 0.2) is 5.96 Å². The second-order valence-electron chi connectivity index (χ2n) is 7.99. The van der Waals surface area contributed by atoms with Gasteiger partial charge in [-0.05, 0) is 45.9 Å². The molecule has 2 aromatic rings. The molecule has 0 saturated heterocycles. The van der Waals surface area contributed by atoms with Crippen LogP contribution in [-0.2, 0) is 16.0 Å². The molecular weight excluding hydrogens is 358 g/mol. The van der Waals surface area contributed by atoms with Crippen LogP contribution < -0.4 is 10.6 Å². The number of aryl methyl sites for hydroxylation is 1. The zero-order valence-corrected chi connectivity index (χ0v) is 16.6. The molecule has 1 unspecified atom stereocenters. The summed E-state index contributed by atoms with van der Waals surface area (Å²) in [5.41, 5.74) is 6.95. The number of nitrogens with two attached hydrogens (primary N) is 1. The number of fused-ring (bicyclic) bond motifs is 1. The van der Waals surface area contributed by atoms with Gasteiger partial charge in [0, 0.05) is 18.9 Å². The second kappa shape index (κ2) is 5.63. The van der Waals surface area contributed by atoms with E-state index in [9.17, 15) is 9.59 Å². The third-order valence-electron chi connectivity index (χ3n) is 5.45. The topological polar surface area (TPSA) is 110 Å². The number of nitrogens with zero attached hydrogens (tertiary/aromatic N) is 6. The molecule has 9 nitrogen and oxygen atoms in total. The molecule has 0 fully saturated rings. The smallest absolute Gasteiger partial charge is 0.278 e. The number of carbonyl (C=O) groups excluding carboxylic acids is 2. The Kier molecular flexibility index (Phi) is 3.65. The third-order valence-corrected chi connectivity index (χ3v) is 5.45. The maximum Gasteiger partial charge on any atom is 0.278 e. The van der Waals surface area contributed by atoms with Gasteiger partial charge in [0.1, 0.15) is 16.9 Å². The standard InChI is InChI=1S/C19H23N7O2/c1-11-8-13-16(28)25(18(2,3)26(13)23-11)12-6-7-21-14(9-12)19(4)10-15(27)24(5)17(20)22-19/h6-9H,10H2,1-5H3,(H2,20,22). The molecule has 9 heteroatoms. The van der Waals surface area contributed by atoms with Crippen molar-refractivity contribution in [1.29, 1.82) is 0 Å². The van der Waals surface area contributed by atoms with Gasteiger partial charge < -0.3 is 5.73 Å². The fraction of sp³-hybridized carbons (Fsp3) is 0.421. The van der Waals surface area contributed by atoms with Crippen LogP contribution in [0.15, 0.2) is 29.4 Å². The van der Waals surface area contributed by atoms with Gasteiger partial charge in [-0.25, -0.2) is 9.67 Å². The first kappa shape index (κ1) is 18.1. The first-order valence-corrected chi connectivity index (χ1v) is 9.05. The lowest BCUT2D eigenvalue weighted by Crippen LogP contribution is -2.48. The second-order valence-corrected chi connectivity index (χ2v) is 7.99. The normalized spacial score (nSPS) is 23.8. The fourth-order valence-electron chi connectivity index (χ4n) is 3.87. The van der Waals surface area contributed by atoms with Gasteiger partial charge >= 0.3 is 0 Å². The molecule has 1 atom stereocenters. The average molecular weight is 381 g/mol. The number of hydrogen-bond donors (Lipinski definition) is 1. The highest BCUT2D eigenvalue weighted by Gasteiger charge is 2.46. The fourth-order valence-corrected chi connectivity index (χ4v) is 3.87. The summed E-state index contributed by atoms with van der Waals surface area (Å²) in [5, 5.41) is 4.47. The highest BCUT2D eigenvalue weighted by atomic mass is 16.2. The van der Waals surface area contributed by atoms with Crippen molar-refractivity contribution in [3.05, 3.63) is 41.5 Å².